The summed E-state index contributed by atoms with van der Waals surface area (Å²) in [5, 5.41) is 5.34. The molecule has 138 valence electrons. The average molecular weight is 381 g/mol. The van der Waals surface area contributed by atoms with Crippen LogP contribution in [-0.2, 0) is 0 Å². The average Bonchev–Trinajstić information content (AvgIpc) is 2.68. The van der Waals surface area contributed by atoms with Crippen LogP contribution in [0.15, 0.2) is 59.2 Å². The fourth-order valence-corrected chi connectivity index (χ4v) is 2.51. The second-order valence-electron chi connectivity index (χ2n) is 5.21. The first kappa shape index (κ1) is 20.0. The number of ether oxygens (including phenoxy) is 1. The van der Waals surface area contributed by atoms with E-state index in [2.05, 4.69) is 26.2 Å². The topological polar surface area (TPSA) is 102 Å². The summed E-state index contributed by atoms with van der Waals surface area (Å²) in [7, 11) is 0. The molecule has 1 aromatic carbocycles. The fraction of sp³-hybridized carbons (Fsp3) is 0.158. The molecule has 1 amide bonds. The summed E-state index contributed by atoms with van der Waals surface area (Å²) >= 11 is 1.47. The molecule has 0 bridgehead atoms. The SMILES string of the molecule is C#CCOc1cnc(C(=O)Nc2ccccc2)cn1.CC1C=CSC(N)=N1. The maximum absolute atomic E-state index is 11.9. The Morgan fingerprint density at radius 3 is 2.67 bits per heavy atom. The number of nitrogens with two attached hydrogens (primary N) is 1. The van der Waals surface area contributed by atoms with Gasteiger partial charge in [-0.1, -0.05) is 42.0 Å². The first-order chi connectivity index (χ1) is 13.1. The molecule has 3 rings (SSSR count). The predicted molar refractivity (Wildman–Crippen MR) is 109 cm³/mol. The number of aliphatic imine (C=N–C) groups is 1. The van der Waals surface area contributed by atoms with Gasteiger partial charge in [0.25, 0.3) is 5.91 Å². The molecular weight excluding hydrogens is 362 g/mol. The van der Waals surface area contributed by atoms with Crippen LogP contribution < -0.4 is 15.8 Å². The van der Waals surface area contributed by atoms with Gasteiger partial charge in [-0.2, -0.15) is 0 Å². The molecule has 0 fully saturated rings. The first-order valence-electron chi connectivity index (χ1n) is 8.00. The Bertz CT molecular complexity index is 845. The highest BCUT2D eigenvalue weighted by molar-refractivity contribution is 8.16. The minimum atomic E-state index is -0.331. The van der Waals surface area contributed by atoms with Crippen LogP contribution in [-0.4, -0.2) is 33.7 Å². The maximum Gasteiger partial charge on any atom is 0.275 e. The van der Waals surface area contributed by atoms with Crippen molar-refractivity contribution in [2.24, 2.45) is 10.7 Å². The van der Waals surface area contributed by atoms with Gasteiger partial charge < -0.3 is 15.8 Å². The lowest BCUT2D eigenvalue weighted by atomic mass is 10.3. The normalized spacial score (nSPS) is 14.8. The van der Waals surface area contributed by atoms with Gasteiger partial charge in [-0.15, -0.1) is 6.42 Å². The number of hydrogen-bond acceptors (Lipinski definition) is 7. The number of benzene rings is 1. The molecule has 0 saturated carbocycles. The Balaban J connectivity index is 0.000000273. The van der Waals surface area contributed by atoms with Crippen LogP contribution in [0.5, 0.6) is 5.88 Å². The van der Waals surface area contributed by atoms with Crippen LogP contribution in [0.25, 0.3) is 0 Å². The molecule has 2 heterocycles. The molecule has 0 spiro atoms. The molecule has 2 aromatic rings. The van der Waals surface area contributed by atoms with E-state index < -0.39 is 0 Å². The van der Waals surface area contributed by atoms with E-state index in [4.69, 9.17) is 16.9 Å². The Morgan fingerprint density at radius 1 is 1.33 bits per heavy atom. The largest absolute Gasteiger partial charge is 0.463 e. The van der Waals surface area contributed by atoms with Crippen molar-refractivity contribution in [2.45, 2.75) is 13.0 Å². The van der Waals surface area contributed by atoms with Gasteiger partial charge in [0.2, 0.25) is 5.88 Å². The second kappa shape index (κ2) is 10.6. The summed E-state index contributed by atoms with van der Waals surface area (Å²) in [6, 6.07) is 9.38. The van der Waals surface area contributed by atoms with Crippen LogP contribution in [0.1, 0.15) is 17.4 Å². The molecule has 0 aliphatic carbocycles. The lowest BCUT2D eigenvalue weighted by molar-refractivity contribution is 0.102. The van der Waals surface area contributed by atoms with Gasteiger partial charge in [0.15, 0.2) is 11.8 Å². The number of hydrogen-bond donors (Lipinski definition) is 2. The number of carbonyl (C=O) groups is 1. The molecule has 0 radical (unpaired) electrons. The molecule has 3 N–H and O–H groups in total. The molecule has 0 saturated heterocycles. The van der Waals surface area contributed by atoms with Crippen LogP contribution in [0.2, 0.25) is 0 Å². The lowest BCUT2D eigenvalue weighted by Gasteiger charge is -2.05. The zero-order valence-corrected chi connectivity index (χ0v) is 15.5. The van der Waals surface area contributed by atoms with Crippen LogP contribution >= 0.6 is 11.8 Å². The molecule has 27 heavy (non-hydrogen) atoms. The number of rotatable bonds is 4. The summed E-state index contributed by atoms with van der Waals surface area (Å²) in [6.45, 7) is 2.12. The number of aromatic nitrogens is 2. The standard InChI is InChI=1S/C14H11N3O2.C5H8N2S/c1-2-8-19-13-10-15-12(9-16-13)14(18)17-11-6-4-3-5-7-11;1-4-2-3-8-5(6)7-4/h1,3-7,9-10H,8H2,(H,17,18);2-4H,1H3,(H2,6,7). The molecule has 7 nitrogen and oxygen atoms in total. The van der Waals surface area contributed by atoms with Crippen LogP contribution in [0.3, 0.4) is 0 Å². The number of carbonyl (C=O) groups excluding carboxylic acids is 1. The number of amides is 1. The van der Waals surface area contributed by atoms with E-state index in [-0.39, 0.29) is 30.1 Å². The first-order valence-corrected chi connectivity index (χ1v) is 8.87. The van der Waals surface area contributed by atoms with Crippen molar-refractivity contribution in [1.82, 2.24) is 9.97 Å². The molecule has 1 aliphatic heterocycles. The van der Waals surface area contributed by atoms with E-state index in [1.54, 1.807) is 12.1 Å². The number of nitrogens with one attached hydrogen (secondary N) is 1. The Hall–Kier alpha value is -3.31. The second-order valence-corrected chi connectivity index (χ2v) is 6.13. The van der Waals surface area contributed by atoms with Gasteiger partial charge >= 0.3 is 0 Å². The summed E-state index contributed by atoms with van der Waals surface area (Å²) in [5.74, 6) is 2.27. The van der Waals surface area contributed by atoms with Crippen molar-refractivity contribution >= 4 is 28.5 Å². The zero-order valence-electron chi connectivity index (χ0n) is 14.7. The summed E-state index contributed by atoms with van der Waals surface area (Å²) in [6.07, 6.45) is 9.76. The molecule has 1 aromatic heterocycles. The van der Waals surface area contributed by atoms with E-state index in [1.165, 1.54) is 24.2 Å². The maximum atomic E-state index is 11.9. The van der Waals surface area contributed by atoms with Gasteiger partial charge in [-0.3, -0.25) is 9.79 Å². The summed E-state index contributed by atoms with van der Waals surface area (Å²) in [4.78, 5) is 23.8. The van der Waals surface area contributed by atoms with Gasteiger partial charge in [-0.05, 0) is 24.5 Å². The lowest BCUT2D eigenvalue weighted by Crippen LogP contribution is -2.14. The molecule has 1 aliphatic rings. The van der Waals surface area contributed by atoms with E-state index in [0.29, 0.717) is 10.9 Å². The van der Waals surface area contributed by atoms with Crippen molar-refractivity contribution in [3.8, 4) is 18.2 Å². The van der Waals surface area contributed by atoms with Crippen molar-refractivity contribution in [2.75, 3.05) is 11.9 Å². The minimum Gasteiger partial charge on any atom is -0.463 e. The minimum absolute atomic E-state index is 0.115. The number of amidine groups is 1. The van der Waals surface area contributed by atoms with Crippen molar-refractivity contribution in [3.63, 3.8) is 0 Å². The van der Waals surface area contributed by atoms with Gasteiger partial charge in [-0.25, -0.2) is 9.97 Å². The van der Waals surface area contributed by atoms with E-state index in [9.17, 15) is 4.79 Å². The zero-order chi connectivity index (χ0) is 19.5. The molecule has 1 unspecified atom stereocenters. The highest BCUT2D eigenvalue weighted by atomic mass is 32.2. The van der Waals surface area contributed by atoms with Gasteiger partial charge in [0.05, 0.1) is 18.4 Å². The Labute approximate surface area is 162 Å². The highest BCUT2D eigenvalue weighted by Crippen LogP contribution is 2.11. The number of para-hydroxylation sites is 1. The summed E-state index contributed by atoms with van der Waals surface area (Å²) in [5.41, 5.74) is 6.29. The van der Waals surface area contributed by atoms with Crippen molar-refractivity contribution in [3.05, 3.63) is 59.9 Å². The van der Waals surface area contributed by atoms with E-state index in [0.717, 1.165) is 0 Å². The number of thioether (sulfide) groups is 1. The van der Waals surface area contributed by atoms with Crippen LogP contribution in [0.4, 0.5) is 5.69 Å². The fourth-order valence-electron chi connectivity index (χ4n) is 1.84. The molecular formula is C19H19N5O2S. The Kier molecular flexibility index (Phi) is 7.88. The number of nitrogens with zero attached hydrogens (tertiary/aromatic N) is 3. The molecule has 1 atom stereocenters. The predicted octanol–water partition coefficient (Wildman–Crippen LogP) is 2.69. The molecule has 8 heteroatoms. The van der Waals surface area contributed by atoms with Gasteiger partial charge in [0.1, 0.15) is 5.69 Å². The third-order valence-electron chi connectivity index (χ3n) is 3.07. The third kappa shape index (κ3) is 7.22. The van der Waals surface area contributed by atoms with Crippen LogP contribution in [0, 0.1) is 12.3 Å². The Morgan fingerprint density at radius 2 is 2.11 bits per heavy atom. The monoisotopic (exact) mass is 381 g/mol. The quantitative estimate of drug-likeness (QED) is 0.790. The van der Waals surface area contributed by atoms with Crippen molar-refractivity contribution < 1.29 is 9.53 Å². The summed E-state index contributed by atoms with van der Waals surface area (Å²) < 4.78 is 5.07. The number of anilines is 1. The van der Waals surface area contributed by atoms with E-state index in [1.807, 2.05) is 36.6 Å². The van der Waals surface area contributed by atoms with Crippen molar-refractivity contribution in [1.29, 1.82) is 0 Å². The van der Waals surface area contributed by atoms with Gasteiger partial charge in [0, 0.05) is 5.69 Å². The van der Waals surface area contributed by atoms with E-state index >= 15 is 0 Å². The highest BCUT2D eigenvalue weighted by Gasteiger charge is 2.08. The number of terminal acetylenes is 1. The third-order valence-corrected chi connectivity index (χ3v) is 3.71. The smallest absolute Gasteiger partial charge is 0.275 e.